The number of carbonyl (C=O) groups is 2. The molecule has 0 saturated heterocycles. The summed E-state index contributed by atoms with van der Waals surface area (Å²) in [5.41, 5.74) is 7.43. The summed E-state index contributed by atoms with van der Waals surface area (Å²) in [5.74, 6) is 0.658. The molecule has 1 N–H and O–H groups in total. The molecule has 0 atom stereocenters. The van der Waals surface area contributed by atoms with Crippen LogP contribution < -0.4 is 10.3 Å². The van der Waals surface area contributed by atoms with Gasteiger partial charge in [0.15, 0.2) is 5.76 Å². The van der Waals surface area contributed by atoms with Crippen molar-refractivity contribution in [3.05, 3.63) is 88.4 Å². The summed E-state index contributed by atoms with van der Waals surface area (Å²) >= 11 is 0. The highest BCUT2D eigenvalue weighted by molar-refractivity contribution is 6.10. The van der Waals surface area contributed by atoms with Gasteiger partial charge in [0, 0.05) is 35.3 Å². The topological polar surface area (TPSA) is 74.9 Å². The summed E-state index contributed by atoms with van der Waals surface area (Å²) in [4.78, 5) is 27.6. The second kappa shape index (κ2) is 9.22. The van der Waals surface area contributed by atoms with Gasteiger partial charge in [0.25, 0.3) is 11.8 Å². The lowest BCUT2D eigenvalue weighted by Gasteiger charge is -2.20. The minimum absolute atomic E-state index is 0.172. The zero-order valence-electron chi connectivity index (χ0n) is 18.6. The number of aryl methyl sites for hydroxylation is 2. The van der Waals surface area contributed by atoms with Crippen molar-refractivity contribution in [3.8, 4) is 0 Å². The van der Waals surface area contributed by atoms with Gasteiger partial charge in [-0.05, 0) is 57.9 Å². The van der Waals surface area contributed by atoms with E-state index in [1.165, 1.54) is 0 Å². The molecule has 6 nitrogen and oxygen atoms in total. The smallest absolute Gasteiger partial charge is 0.294 e. The number of hydrogen-bond donors (Lipinski definition) is 1. The van der Waals surface area contributed by atoms with Crippen LogP contribution in [-0.2, 0) is 6.42 Å². The Morgan fingerprint density at radius 1 is 1.06 bits per heavy atom. The first-order chi connectivity index (χ1) is 15.5. The van der Waals surface area contributed by atoms with Crippen molar-refractivity contribution in [1.82, 2.24) is 5.43 Å². The molecule has 2 amide bonds. The first-order valence-electron chi connectivity index (χ1n) is 10.9. The quantitative estimate of drug-likeness (QED) is 0.578. The molecule has 4 rings (SSSR count). The summed E-state index contributed by atoms with van der Waals surface area (Å²) in [6.07, 6.45) is 2.31. The lowest BCUT2D eigenvalue weighted by molar-refractivity contribution is 0.0949. The highest BCUT2D eigenvalue weighted by Gasteiger charge is 2.30. The predicted octanol–water partition coefficient (Wildman–Crippen LogP) is 5.03. The largest absolute Gasteiger partial charge is 0.455 e. The number of hydrogen-bond acceptors (Lipinski definition) is 4. The molecule has 32 heavy (non-hydrogen) atoms. The van der Waals surface area contributed by atoms with Gasteiger partial charge in [-0.2, -0.15) is 5.10 Å². The van der Waals surface area contributed by atoms with Crippen molar-refractivity contribution in [3.63, 3.8) is 0 Å². The van der Waals surface area contributed by atoms with Gasteiger partial charge in [-0.15, -0.1) is 0 Å². The Labute approximate surface area is 187 Å². The van der Waals surface area contributed by atoms with E-state index in [9.17, 15) is 9.59 Å². The fraction of sp³-hybridized carbons (Fsp3) is 0.269. The Morgan fingerprint density at radius 3 is 2.56 bits per heavy atom. The number of benzene rings is 2. The van der Waals surface area contributed by atoms with Crippen LogP contribution in [0.5, 0.6) is 0 Å². The maximum Gasteiger partial charge on any atom is 0.294 e. The molecule has 0 saturated carbocycles. The van der Waals surface area contributed by atoms with E-state index < -0.39 is 0 Å². The van der Waals surface area contributed by atoms with Crippen LogP contribution in [0, 0.1) is 13.8 Å². The third-order valence-electron chi connectivity index (χ3n) is 5.72. The van der Waals surface area contributed by atoms with E-state index >= 15 is 0 Å². The van der Waals surface area contributed by atoms with E-state index in [4.69, 9.17) is 4.42 Å². The molecule has 0 bridgehead atoms. The van der Waals surface area contributed by atoms with Crippen LogP contribution in [0.4, 0.5) is 5.69 Å². The van der Waals surface area contributed by atoms with Crippen molar-refractivity contribution in [2.45, 2.75) is 40.0 Å². The molecule has 2 aromatic carbocycles. The number of para-hydroxylation sites is 1. The lowest BCUT2D eigenvalue weighted by atomic mass is 9.93. The van der Waals surface area contributed by atoms with E-state index in [-0.39, 0.29) is 11.8 Å². The Bertz CT molecular complexity index is 1180. The van der Waals surface area contributed by atoms with Crippen molar-refractivity contribution in [1.29, 1.82) is 0 Å². The number of fused-ring (bicyclic) bond motifs is 1. The Hall–Kier alpha value is -3.67. The third kappa shape index (κ3) is 4.21. The molecule has 3 aromatic rings. The van der Waals surface area contributed by atoms with Crippen LogP contribution in [-0.4, -0.2) is 24.1 Å². The number of nitrogens with one attached hydrogen (secondary N) is 1. The van der Waals surface area contributed by atoms with Crippen LogP contribution in [0.3, 0.4) is 0 Å². The SMILES string of the molecule is CCN(C(=O)c1oc2c(c1C)/C(=N/NC(=O)c1cccc(C)c1)CCC2)c1ccccc1. The highest BCUT2D eigenvalue weighted by Crippen LogP contribution is 2.31. The van der Waals surface area contributed by atoms with E-state index in [0.29, 0.717) is 24.3 Å². The summed E-state index contributed by atoms with van der Waals surface area (Å²) in [6, 6.07) is 16.9. The number of nitrogens with zero attached hydrogens (tertiary/aromatic N) is 2. The maximum atomic E-state index is 13.3. The highest BCUT2D eigenvalue weighted by atomic mass is 16.4. The number of rotatable bonds is 5. The minimum atomic E-state index is -0.257. The van der Waals surface area contributed by atoms with Gasteiger partial charge in [-0.3, -0.25) is 9.59 Å². The number of hydrazone groups is 1. The monoisotopic (exact) mass is 429 g/mol. The standard InChI is InChI=1S/C26H27N3O3/c1-4-29(20-12-6-5-7-13-20)26(31)24-18(3)23-21(14-9-15-22(23)32-24)27-28-25(30)19-11-8-10-17(2)16-19/h5-8,10-13,16H,4,9,14-15H2,1-3H3,(H,28,30)/b27-21+. The zero-order valence-corrected chi connectivity index (χ0v) is 18.6. The first-order valence-corrected chi connectivity index (χ1v) is 10.9. The first kappa shape index (κ1) is 21.6. The second-order valence-electron chi connectivity index (χ2n) is 7.96. The molecule has 0 fully saturated rings. The third-order valence-corrected chi connectivity index (χ3v) is 5.72. The van der Waals surface area contributed by atoms with Gasteiger partial charge in [-0.25, -0.2) is 5.43 Å². The summed E-state index contributed by atoms with van der Waals surface area (Å²) in [5, 5.41) is 4.42. The van der Waals surface area contributed by atoms with Gasteiger partial charge < -0.3 is 9.32 Å². The van der Waals surface area contributed by atoms with Crippen LogP contribution in [0.15, 0.2) is 64.1 Å². The molecular weight excluding hydrogens is 402 g/mol. The normalized spacial score (nSPS) is 14.2. The molecule has 6 heteroatoms. The van der Waals surface area contributed by atoms with Crippen molar-refractivity contribution < 1.29 is 14.0 Å². The Morgan fingerprint density at radius 2 is 1.84 bits per heavy atom. The molecule has 0 spiro atoms. The van der Waals surface area contributed by atoms with E-state index in [1.807, 2.05) is 69.3 Å². The minimum Gasteiger partial charge on any atom is -0.455 e. The molecule has 1 heterocycles. The van der Waals surface area contributed by atoms with E-state index in [2.05, 4.69) is 10.5 Å². The summed E-state index contributed by atoms with van der Waals surface area (Å²) in [6.45, 7) is 6.30. The van der Waals surface area contributed by atoms with Crippen LogP contribution in [0.1, 0.15) is 63.1 Å². The number of carbonyl (C=O) groups excluding carboxylic acids is 2. The molecule has 0 radical (unpaired) electrons. The second-order valence-corrected chi connectivity index (χ2v) is 7.96. The van der Waals surface area contributed by atoms with Gasteiger partial charge in [0.2, 0.25) is 0 Å². The van der Waals surface area contributed by atoms with Crippen molar-refractivity contribution in [2.75, 3.05) is 11.4 Å². The van der Waals surface area contributed by atoms with Gasteiger partial charge in [0.1, 0.15) is 5.76 Å². The summed E-state index contributed by atoms with van der Waals surface area (Å²) in [7, 11) is 0. The van der Waals surface area contributed by atoms with Crippen LogP contribution in [0.2, 0.25) is 0 Å². The molecule has 1 aliphatic carbocycles. The van der Waals surface area contributed by atoms with Gasteiger partial charge in [-0.1, -0.05) is 35.9 Å². The molecule has 0 aliphatic heterocycles. The zero-order chi connectivity index (χ0) is 22.7. The molecule has 1 aromatic heterocycles. The molecule has 1 aliphatic rings. The number of furan rings is 1. The van der Waals surface area contributed by atoms with Crippen LogP contribution in [0.25, 0.3) is 0 Å². The molecule has 0 unspecified atom stereocenters. The van der Waals surface area contributed by atoms with E-state index in [0.717, 1.165) is 46.7 Å². The fourth-order valence-corrected chi connectivity index (χ4v) is 4.13. The average molecular weight is 430 g/mol. The average Bonchev–Trinajstić information content (AvgIpc) is 3.15. The number of amides is 2. The van der Waals surface area contributed by atoms with Crippen molar-refractivity contribution in [2.24, 2.45) is 5.10 Å². The summed E-state index contributed by atoms with van der Waals surface area (Å²) < 4.78 is 6.06. The van der Waals surface area contributed by atoms with E-state index in [1.54, 1.807) is 11.0 Å². The fourth-order valence-electron chi connectivity index (χ4n) is 4.13. The predicted molar refractivity (Wildman–Crippen MR) is 125 cm³/mol. The Balaban J connectivity index is 1.62. The molecular formula is C26H27N3O3. The lowest BCUT2D eigenvalue weighted by Crippen LogP contribution is -2.30. The van der Waals surface area contributed by atoms with Gasteiger partial charge >= 0.3 is 0 Å². The molecule has 164 valence electrons. The van der Waals surface area contributed by atoms with Crippen molar-refractivity contribution >= 4 is 23.2 Å². The van der Waals surface area contributed by atoms with Crippen LogP contribution >= 0.6 is 0 Å². The van der Waals surface area contributed by atoms with Gasteiger partial charge in [0.05, 0.1) is 5.71 Å². The Kier molecular flexibility index (Phi) is 6.21. The number of anilines is 1. The maximum absolute atomic E-state index is 13.3.